The highest BCUT2D eigenvalue weighted by Crippen LogP contribution is 2.21. The number of nitrogens with one attached hydrogen (secondary N) is 1. The van der Waals surface area contributed by atoms with Crippen LogP contribution in [0.2, 0.25) is 0 Å². The van der Waals surface area contributed by atoms with Crippen molar-refractivity contribution in [3.8, 4) is 11.4 Å². The maximum absolute atomic E-state index is 12.9. The van der Waals surface area contributed by atoms with Crippen molar-refractivity contribution >= 4 is 21.6 Å². The molecule has 1 aromatic heterocycles. The van der Waals surface area contributed by atoms with Gasteiger partial charge in [-0.2, -0.15) is 9.29 Å². The Balaban J connectivity index is 1.79. The van der Waals surface area contributed by atoms with Crippen LogP contribution in [0, 0.1) is 0 Å². The highest BCUT2D eigenvalue weighted by Gasteiger charge is 2.25. The number of anilines is 1. The van der Waals surface area contributed by atoms with Gasteiger partial charge in [-0.1, -0.05) is 42.4 Å². The summed E-state index contributed by atoms with van der Waals surface area (Å²) < 4.78 is 32.3. The van der Waals surface area contributed by atoms with Crippen LogP contribution in [0.15, 0.2) is 64.0 Å². The van der Waals surface area contributed by atoms with Crippen molar-refractivity contribution in [1.29, 1.82) is 0 Å². The minimum absolute atomic E-state index is 0.0356. The predicted molar refractivity (Wildman–Crippen MR) is 104 cm³/mol. The summed E-state index contributed by atoms with van der Waals surface area (Å²) >= 11 is 0. The quantitative estimate of drug-likeness (QED) is 0.654. The molecule has 0 aliphatic heterocycles. The van der Waals surface area contributed by atoms with Gasteiger partial charge in [0.2, 0.25) is 27.6 Å². The molecule has 0 fully saturated rings. The fourth-order valence-electron chi connectivity index (χ4n) is 2.60. The van der Waals surface area contributed by atoms with Crippen molar-refractivity contribution < 1.29 is 17.7 Å². The van der Waals surface area contributed by atoms with E-state index in [1.165, 1.54) is 23.4 Å². The van der Waals surface area contributed by atoms with Gasteiger partial charge in [0.1, 0.15) is 0 Å². The Morgan fingerprint density at radius 1 is 1.11 bits per heavy atom. The Bertz CT molecular complexity index is 1050. The topological polar surface area (TPSA) is 105 Å². The molecule has 3 rings (SSSR count). The summed E-state index contributed by atoms with van der Waals surface area (Å²) in [6, 6.07) is 15.3. The van der Waals surface area contributed by atoms with Crippen molar-refractivity contribution in [2.24, 2.45) is 0 Å². The summed E-state index contributed by atoms with van der Waals surface area (Å²) in [6.45, 7) is 3.32. The third-order valence-electron chi connectivity index (χ3n) is 3.98. The second-order valence-corrected chi connectivity index (χ2v) is 7.95. The summed E-state index contributed by atoms with van der Waals surface area (Å²) in [5.41, 5.74) is 1.32. The number of hydrogen-bond donors (Lipinski definition) is 1. The second-order valence-electron chi connectivity index (χ2n) is 6.01. The van der Waals surface area contributed by atoms with Gasteiger partial charge in [0, 0.05) is 24.7 Å². The molecule has 2 aromatic carbocycles. The lowest BCUT2D eigenvalue weighted by molar-refractivity contribution is -0.114. The van der Waals surface area contributed by atoms with E-state index >= 15 is 0 Å². The molecular formula is C19H20N4O4S. The van der Waals surface area contributed by atoms with E-state index in [1.54, 1.807) is 19.1 Å². The van der Waals surface area contributed by atoms with Crippen LogP contribution >= 0.6 is 0 Å². The minimum atomic E-state index is -3.76. The standard InChI is InChI=1S/C19H20N4O4S/c1-3-23(13-18-21-19(22-27-18)15-7-5-4-6-8-15)28(25,26)17-11-9-16(10-12-17)20-14(2)24/h4-12H,3,13H2,1-2H3,(H,20,24). The highest BCUT2D eigenvalue weighted by atomic mass is 32.2. The van der Waals surface area contributed by atoms with Crippen LogP contribution in [0.1, 0.15) is 19.7 Å². The molecule has 0 bridgehead atoms. The average molecular weight is 400 g/mol. The summed E-state index contributed by atoms with van der Waals surface area (Å²) in [6.07, 6.45) is 0. The molecule has 9 heteroatoms. The molecule has 0 radical (unpaired) electrons. The number of amides is 1. The summed E-state index contributed by atoms with van der Waals surface area (Å²) in [5, 5.41) is 6.52. The third-order valence-corrected chi connectivity index (χ3v) is 5.91. The summed E-state index contributed by atoms with van der Waals surface area (Å²) in [4.78, 5) is 15.5. The monoisotopic (exact) mass is 400 g/mol. The van der Waals surface area contributed by atoms with Gasteiger partial charge in [-0.15, -0.1) is 0 Å². The lowest BCUT2D eigenvalue weighted by Gasteiger charge is -2.18. The lowest BCUT2D eigenvalue weighted by atomic mass is 10.2. The van der Waals surface area contributed by atoms with E-state index in [2.05, 4.69) is 15.5 Å². The van der Waals surface area contributed by atoms with E-state index in [4.69, 9.17) is 4.52 Å². The van der Waals surface area contributed by atoms with Crippen LogP contribution < -0.4 is 5.32 Å². The first kappa shape index (κ1) is 19.7. The van der Waals surface area contributed by atoms with Crippen LogP contribution in [-0.2, 0) is 21.4 Å². The predicted octanol–water partition coefficient (Wildman–Crippen LogP) is 2.91. The largest absolute Gasteiger partial charge is 0.338 e. The average Bonchev–Trinajstić information content (AvgIpc) is 3.15. The Morgan fingerprint density at radius 2 is 1.79 bits per heavy atom. The van der Waals surface area contributed by atoms with Gasteiger partial charge in [-0.25, -0.2) is 8.42 Å². The number of sulfonamides is 1. The fraction of sp³-hybridized carbons (Fsp3) is 0.211. The van der Waals surface area contributed by atoms with Gasteiger partial charge in [0.15, 0.2) is 0 Å². The molecule has 0 aliphatic carbocycles. The van der Waals surface area contributed by atoms with Crippen LogP contribution in [-0.4, -0.2) is 35.3 Å². The molecule has 3 aromatic rings. The number of benzene rings is 2. The number of nitrogens with zero attached hydrogens (tertiary/aromatic N) is 3. The molecule has 1 amide bonds. The maximum atomic E-state index is 12.9. The van der Waals surface area contributed by atoms with Gasteiger partial charge < -0.3 is 9.84 Å². The Kier molecular flexibility index (Phi) is 5.86. The zero-order chi connectivity index (χ0) is 20.1. The van der Waals surface area contributed by atoms with Crippen LogP contribution in [0.4, 0.5) is 5.69 Å². The van der Waals surface area contributed by atoms with Crippen LogP contribution in [0.3, 0.4) is 0 Å². The van der Waals surface area contributed by atoms with E-state index in [1.807, 2.05) is 30.3 Å². The molecule has 1 N–H and O–H groups in total. The number of rotatable bonds is 7. The number of carbonyl (C=O) groups excluding carboxylic acids is 1. The van der Waals surface area contributed by atoms with Crippen molar-refractivity contribution in [3.05, 3.63) is 60.5 Å². The molecule has 0 aliphatic rings. The van der Waals surface area contributed by atoms with Gasteiger partial charge in [0.25, 0.3) is 0 Å². The number of hydrogen-bond acceptors (Lipinski definition) is 6. The number of carbonyl (C=O) groups is 1. The fourth-order valence-corrected chi connectivity index (χ4v) is 4.00. The Morgan fingerprint density at radius 3 is 2.39 bits per heavy atom. The van der Waals surface area contributed by atoms with Crippen molar-refractivity contribution in [2.75, 3.05) is 11.9 Å². The summed E-state index contributed by atoms with van der Waals surface area (Å²) in [5.74, 6) is 0.388. The van der Waals surface area contributed by atoms with Gasteiger partial charge in [-0.3, -0.25) is 4.79 Å². The second kappa shape index (κ2) is 8.32. The van der Waals surface area contributed by atoms with E-state index in [9.17, 15) is 13.2 Å². The zero-order valence-corrected chi connectivity index (χ0v) is 16.3. The Hall–Kier alpha value is -3.04. The van der Waals surface area contributed by atoms with Gasteiger partial charge in [0.05, 0.1) is 11.4 Å². The smallest absolute Gasteiger partial charge is 0.243 e. The highest BCUT2D eigenvalue weighted by molar-refractivity contribution is 7.89. The van der Waals surface area contributed by atoms with E-state index in [0.29, 0.717) is 11.5 Å². The van der Waals surface area contributed by atoms with E-state index in [0.717, 1.165) is 5.56 Å². The molecule has 0 spiro atoms. The Labute approximate surface area is 163 Å². The molecule has 0 saturated carbocycles. The zero-order valence-electron chi connectivity index (χ0n) is 15.5. The molecule has 0 atom stereocenters. The first-order valence-electron chi connectivity index (χ1n) is 8.66. The van der Waals surface area contributed by atoms with Gasteiger partial charge in [-0.05, 0) is 24.3 Å². The first-order valence-corrected chi connectivity index (χ1v) is 10.1. The minimum Gasteiger partial charge on any atom is -0.338 e. The molecule has 0 saturated heterocycles. The van der Waals surface area contributed by atoms with Crippen molar-refractivity contribution in [1.82, 2.24) is 14.4 Å². The lowest BCUT2D eigenvalue weighted by Crippen LogP contribution is -2.30. The third kappa shape index (κ3) is 4.44. The first-order chi connectivity index (χ1) is 13.4. The molecule has 28 heavy (non-hydrogen) atoms. The van der Waals surface area contributed by atoms with Crippen LogP contribution in [0.25, 0.3) is 11.4 Å². The summed E-state index contributed by atoms with van der Waals surface area (Å²) in [7, 11) is -3.76. The van der Waals surface area contributed by atoms with Gasteiger partial charge >= 0.3 is 0 Å². The molecule has 1 heterocycles. The molecule has 8 nitrogen and oxygen atoms in total. The van der Waals surface area contributed by atoms with Crippen molar-refractivity contribution in [2.45, 2.75) is 25.3 Å². The van der Waals surface area contributed by atoms with Crippen LogP contribution in [0.5, 0.6) is 0 Å². The molecular weight excluding hydrogens is 380 g/mol. The molecule has 0 unspecified atom stereocenters. The van der Waals surface area contributed by atoms with E-state index in [-0.39, 0.29) is 29.8 Å². The number of aromatic nitrogens is 2. The SMILES string of the molecule is CCN(Cc1nc(-c2ccccc2)no1)S(=O)(=O)c1ccc(NC(C)=O)cc1. The molecule has 146 valence electrons. The normalized spacial score (nSPS) is 11.5. The maximum Gasteiger partial charge on any atom is 0.243 e. The van der Waals surface area contributed by atoms with Crippen molar-refractivity contribution in [3.63, 3.8) is 0 Å². The van der Waals surface area contributed by atoms with E-state index < -0.39 is 10.0 Å².